The number of alkyl halides is 4. The molecule has 3 atom stereocenters. The van der Waals surface area contributed by atoms with Crippen LogP contribution < -0.4 is 10.6 Å². The second kappa shape index (κ2) is 7.68. The molecule has 1 saturated heterocycles. The lowest BCUT2D eigenvalue weighted by Crippen LogP contribution is -2.46. The lowest BCUT2D eigenvalue weighted by Gasteiger charge is -2.28. The van der Waals surface area contributed by atoms with Crippen LogP contribution in [0.5, 0.6) is 0 Å². The summed E-state index contributed by atoms with van der Waals surface area (Å²) in [5, 5.41) is 15.8. The number of rotatable bonds is 4. The molecule has 0 aromatic carbocycles. The highest BCUT2D eigenvalue weighted by Gasteiger charge is 2.52. The molecule has 0 amide bonds. The number of halogens is 5. The van der Waals surface area contributed by atoms with Gasteiger partial charge in [-0.05, 0) is 19.9 Å². The topological polar surface area (TPSA) is 87.4 Å². The number of anilines is 1. The molecule has 3 unspecified atom stereocenters. The number of hydrogen-bond acceptors (Lipinski definition) is 6. The smallest absolute Gasteiger partial charge is 0.375 e. The van der Waals surface area contributed by atoms with Gasteiger partial charge in [-0.25, -0.2) is 18.7 Å². The molecule has 0 saturated carbocycles. The van der Waals surface area contributed by atoms with Crippen LogP contribution in [-0.4, -0.2) is 55.9 Å². The predicted octanol–water partition coefficient (Wildman–Crippen LogP) is 2.81. The van der Waals surface area contributed by atoms with E-state index in [9.17, 15) is 27.1 Å². The molecule has 4 rings (SSSR count). The minimum absolute atomic E-state index is 0.0676. The number of nitrogens with zero attached hydrogens (tertiary/aromatic N) is 4. The van der Waals surface area contributed by atoms with Crippen LogP contribution in [0.2, 0.25) is 0 Å². The zero-order chi connectivity index (χ0) is 22.4. The first-order valence-electron chi connectivity index (χ1n) is 9.48. The number of aromatic nitrogens is 4. The van der Waals surface area contributed by atoms with E-state index >= 15 is 0 Å². The monoisotopic (exact) mass is 442 g/mol. The molecule has 12 heteroatoms. The van der Waals surface area contributed by atoms with Crippen molar-refractivity contribution in [3.63, 3.8) is 0 Å². The van der Waals surface area contributed by atoms with Crippen molar-refractivity contribution in [1.82, 2.24) is 24.7 Å². The highest BCUT2D eigenvalue weighted by atomic mass is 19.4. The number of hydrogen-bond donors (Lipinski definition) is 3. The van der Waals surface area contributed by atoms with Crippen molar-refractivity contribution in [3.05, 3.63) is 42.2 Å². The van der Waals surface area contributed by atoms with Gasteiger partial charge in [0.05, 0.1) is 35.5 Å². The third-order valence-electron chi connectivity index (χ3n) is 5.23. The third-order valence-corrected chi connectivity index (χ3v) is 5.23. The second-order valence-corrected chi connectivity index (χ2v) is 7.53. The molecule has 0 bridgehead atoms. The van der Waals surface area contributed by atoms with E-state index in [0.717, 1.165) is 24.5 Å². The van der Waals surface area contributed by atoms with Crippen LogP contribution in [-0.2, 0) is 5.60 Å². The number of fused-ring (bicyclic) bond motifs is 1. The van der Waals surface area contributed by atoms with E-state index in [0.29, 0.717) is 26.4 Å². The van der Waals surface area contributed by atoms with Gasteiger partial charge in [-0.2, -0.15) is 13.2 Å². The van der Waals surface area contributed by atoms with Gasteiger partial charge in [-0.15, -0.1) is 0 Å². The highest BCUT2D eigenvalue weighted by molar-refractivity contribution is 5.62. The molecule has 0 radical (unpaired) electrons. The largest absolute Gasteiger partial charge is 0.422 e. The molecule has 1 aliphatic heterocycles. The maximum absolute atomic E-state index is 14.3. The van der Waals surface area contributed by atoms with Gasteiger partial charge in [0, 0.05) is 24.9 Å². The Hall–Kier alpha value is -2.86. The molecule has 1 aliphatic rings. The van der Waals surface area contributed by atoms with Crippen LogP contribution in [0.1, 0.15) is 19.0 Å². The van der Waals surface area contributed by atoms with Crippen LogP contribution in [0, 0.1) is 5.82 Å². The van der Waals surface area contributed by atoms with Crippen molar-refractivity contribution in [3.8, 4) is 11.4 Å². The molecule has 4 heterocycles. The van der Waals surface area contributed by atoms with Gasteiger partial charge in [0.25, 0.3) is 0 Å². The molecular formula is C19H19F5N6O. The summed E-state index contributed by atoms with van der Waals surface area (Å²) in [6, 6.07) is 1.59. The summed E-state index contributed by atoms with van der Waals surface area (Å²) in [6.45, 7) is 1.47. The van der Waals surface area contributed by atoms with Gasteiger partial charge in [0.1, 0.15) is 17.8 Å². The summed E-state index contributed by atoms with van der Waals surface area (Å²) in [5.41, 5.74) is -3.43. The molecule has 31 heavy (non-hydrogen) atoms. The van der Waals surface area contributed by atoms with Gasteiger partial charge in [-0.3, -0.25) is 9.38 Å². The van der Waals surface area contributed by atoms with Gasteiger partial charge >= 0.3 is 6.18 Å². The first-order valence-corrected chi connectivity index (χ1v) is 9.48. The Morgan fingerprint density at radius 1 is 1.23 bits per heavy atom. The Morgan fingerprint density at radius 3 is 2.71 bits per heavy atom. The van der Waals surface area contributed by atoms with E-state index < -0.39 is 35.5 Å². The van der Waals surface area contributed by atoms with Crippen LogP contribution in [0.4, 0.5) is 27.8 Å². The molecule has 3 N–H and O–H groups in total. The number of imidazole rings is 1. The molecule has 7 nitrogen and oxygen atoms in total. The molecule has 0 spiro atoms. The van der Waals surface area contributed by atoms with E-state index in [1.807, 2.05) is 0 Å². The Bertz CT molecular complexity index is 1100. The standard InChI is InChI=1S/C19H19F5N6O/c1-18(31,19(22,23)24)15-9-30-14(7-27-17(30)8-26-15)12-4-10(20)5-16(28-12)29-13-6-25-3-2-11(13)21/h4-5,7-9,11,13,25,31H,2-3,6H2,1H3,(H,28,29). The number of pyridine rings is 1. The molecule has 1 fully saturated rings. The van der Waals surface area contributed by atoms with Gasteiger partial charge in [0.2, 0.25) is 5.60 Å². The molecule has 0 aliphatic carbocycles. The fraction of sp³-hybridized carbons (Fsp3) is 0.421. The second-order valence-electron chi connectivity index (χ2n) is 7.53. The maximum atomic E-state index is 14.3. The van der Waals surface area contributed by atoms with Gasteiger partial charge in [0.15, 0.2) is 5.65 Å². The van der Waals surface area contributed by atoms with Crippen molar-refractivity contribution in [2.24, 2.45) is 0 Å². The normalized spacial score (nSPS) is 21.8. The number of aliphatic hydroxyl groups is 1. The lowest BCUT2D eigenvalue weighted by atomic mass is 10.0. The fourth-order valence-electron chi connectivity index (χ4n) is 3.34. The van der Waals surface area contributed by atoms with Gasteiger partial charge < -0.3 is 15.7 Å². The fourth-order valence-corrected chi connectivity index (χ4v) is 3.34. The summed E-state index contributed by atoms with van der Waals surface area (Å²) in [6.07, 6.45) is -2.44. The Morgan fingerprint density at radius 2 is 2.00 bits per heavy atom. The van der Waals surface area contributed by atoms with Crippen LogP contribution >= 0.6 is 0 Å². The zero-order valence-corrected chi connectivity index (χ0v) is 16.3. The van der Waals surface area contributed by atoms with Crippen LogP contribution in [0.15, 0.2) is 30.7 Å². The van der Waals surface area contributed by atoms with E-state index in [1.165, 1.54) is 10.6 Å². The summed E-state index contributed by atoms with van der Waals surface area (Å²) in [4.78, 5) is 12.0. The summed E-state index contributed by atoms with van der Waals surface area (Å²) >= 11 is 0. The maximum Gasteiger partial charge on any atom is 0.422 e. The summed E-state index contributed by atoms with van der Waals surface area (Å²) in [5.74, 6) is -0.587. The first-order chi connectivity index (χ1) is 14.6. The quantitative estimate of drug-likeness (QED) is 0.539. The van der Waals surface area contributed by atoms with E-state index in [-0.39, 0.29) is 22.9 Å². The summed E-state index contributed by atoms with van der Waals surface area (Å²) in [7, 11) is 0. The average molecular weight is 442 g/mol. The lowest BCUT2D eigenvalue weighted by molar-refractivity contribution is -0.260. The van der Waals surface area contributed by atoms with Crippen molar-refractivity contribution >= 4 is 11.5 Å². The average Bonchev–Trinajstić information content (AvgIpc) is 3.12. The Balaban J connectivity index is 1.73. The highest BCUT2D eigenvalue weighted by Crippen LogP contribution is 2.37. The zero-order valence-electron chi connectivity index (χ0n) is 16.3. The van der Waals surface area contributed by atoms with E-state index in [1.54, 1.807) is 0 Å². The van der Waals surface area contributed by atoms with E-state index in [4.69, 9.17) is 0 Å². The minimum Gasteiger partial charge on any atom is -0.375 e. The van der Waals surface area contributed by atoms with Gasteiger partial charge in [-0.1, -0.05) is 0 Å². The van der Waals surface area contributed by atoms with Crippen LogP contribution in [0.25, 0.3) is 17.0 Å². The Kier molecular flexibility index (Phi) is 5.30. The first kappa shape index (κ1) is 21.4. The van der Waals surface area contributed by atoms with Crippen molar-refractivity contribution in [2.75, 3.05) is 18.4 Å². The van der Waals surface area contributed by atoms with Crippen molar-refractivity contribution in [2.45, 2.75) is 37.3 Å². The molecule has 166 valence electrons. The van der Waals surface area contributed by atoms with Crippen LogP contribution in [0.3, 0.4) is 0 Å². The van der Waals surface area contributed by atoms with Crippen molar-refractivity contribution in [1.29, 1.82) is 0 Å². The van der Waals surface area contributed by atoms with Crippen molar-refractivity contribution < 1.29 is 27.1 Å². The minimum atomic E-state index is -4.96. The summed E-state index contributed by atoms with van der Waals surface area (Å²) < 4.78 is 69.2. The molecular weight excluding hydrogens is 423 g/mol. The SMILES string of the molecule is CC(O)(c1cn2c(-c3cc(F)cc(NC4CNCCC4F)n3)cnc2cn1)C(F)(F)F. The number of nitrogens with one attached hydrogen (secondary N) is 2. The number of piperidine rings is 1. The molecule has 3 aromatic heterocycles. The molecule has 3 aromatic rings. The van der Waals surface area contributed by atoms with E-state index in [2.05, 4.69) is 25.6 Å². The Labute approximate surface area is 173 Å². The third kappa shape index (κ3) is 4.04. The predicted molar refractivity (Wildman–Crippen MR) is 102 cm³/mol.